The molecule has 0 aliphatic rings. The Hall–Kier alpha value is 0.440. The molecule has 1 unspecified atom stereocenters. The van der Waals surface area contributed by atoms with Gasteiger partial charge in [0.1, 0.15) is 0 Å². The standard InChI is InChI=1S/C8H16S2/c1-4-5-8(10-3)6-7-9-2/h6-8H,4-5H2,1-3H3. The molecule has 0 bridgehead atoms. The number of rotatable bonds is 5. The zero-order chi connectivity index (χ0) is 7.82. The van der Waals surface area contributed by atoms with Crippen LogP contribution in [0.5, 0.6) is 0 Å². The van der Waals surface area contributed by atoms with Crippen LogP contribution in [0.25, 0.3) is 0 Å². The van der Waals surface area contributed by atoms with E-state index < -0.39 is 0 Å². The van der Waals surface area contributed by atoms with E-state index in [2.05, 4.69) is 30.9 Å². The smallest absolute Gasteiger partial charge is 0.0232 e. The second kappa shape index (κ2) is 7.55. The highest BCUT2D eigenvalue weighted by Gasteiger charge is 1.98. The molecular formula is C8H16S2. The first kappa shape index (κ1) is 10.4. The van der Waals surface area contributed by atoms with E-state index in [1.807, 2.05) is 11.8 Å². The summed E-state index contributed by atoms with van der Waals surface area (Å²) in [5, 5.41) is 2.91. The molecule has 0 amide bonds. The molecule has 0 aromatic rings. The Labute approximate surface area is 72.9 Å². The summed E-state index contributed by atoms with van der Waals surface area (Å²) in [6, 6.07) is 0. The van der Waals surface area contributed by atoms with Crippen LogP contribution in [-0.4, -0.2) is 17.8 Å². The normalized spacial score (nSPS) is 14.3. The minimum Gasteiger partial charge on any atom is -0.158 e. The fourth-order valence-corrected chi connectivity index (χ4v) is 1.90. The third-order valence-electron chi connectivity index (χ3n) is 1.31. The minimum absolute atomic E-state index is 0.734. The van der Waals surface area contributed by atoms with Crippen molar-refractivity contribution in [3.63, 3.8) is 0 Å². The van der Waals surface area contributed by atoms with Crippen molar-refractivity contribution >= 4 is 23.5 Å². The summed E-state index contributed by atoms with van der Waals surface area (Å²) in [6.45, 7) is 2.23. The predicted molar refractivity (Wildman–Crippen MR) is 54.9 cm³/mol. The van der Waals surface area contributed by atoms with Crippen molar-refractivity contribution in [2.24, 2.45) is 0 Å². The second-order valence-corrected chi connectivity index (χ2v) is 3.95. The number of hydrogen-bond acceptors (Lipinski definition) is 2. The van der Waals surface area contributed by atoms with Crippen LogP contribution < -0.4 is 0 Å². The Morgan fingerprint density at radius 3 is 2.50 bits per heavy atom. The Bertz CT molecular complexity index is 89.3. The largest absolute Gasteiger partial charge is 0.158 e. The summed E-state index contributed by atoms with van der Waals surface area (Å²) in [5.41, 5.74) is 0. The second-order valence-electron chi connectivity index (χ2n) is 2.13. The Morgan fingerprint density at radius 2 is 2.10 bits per heavy atom. The van der Waals surface area contributed by atoms with Crippen LogP contribution in [0, 0.1) is 0 Å². The van der Waals surface area contributed by atoms with Crippen LogP contribution in [0.4, 0.5) is 0 Å². The van der Waals surface area contributed by atoms with E-state index in [4.69, 9.17) is 0 Å². The van der Waals surface area contributed by atoms with Gasteiger partial charge < -0.3 is 0 Å². The molecule has 0 saturated carbocycles. The van der Waals surface area contributed by atoms with Gasteiger partial charge in [-0.05, 0) is 24.3 Å². The van der Waals surface area contributed by atoms with Crippen LogP contribution in [-0.2, 0) is 0 Å². The molecule has 0 N–H and O–H groups in total. The van der Waals surface area contributed by atoms with E-state index >= 15 is 0 Å². The van der Waals surface area contributed by atoms with Crippen LogP contribution in [0.2, 0.25) is 0 Å². The molecule has 2 heteroatoms. The predicted octanol–water partition coefficient (Wildman–Crippen LogP) is 3.39. The maximum absolute atomic E-state index is 2.29. The average Bonchev–Trinajstić information content (AvgIpc) is 1.98. The van der Waals surface area contributed by atoms with Gasteiger partial charge in [0, 0.05) is 5.25 Å². The molecular weight excluding hydrogens is 160 g/mol. The molecule has 0 nitrogen and oxygen atoms in total. The van der Waals surface area contributed by atoms with Gasteiger partial charge in [-0.1, -0.05) is 19.4 Å². The van der Waals surface area contributed by atoms with Crippen molar-refractivity contribution in [1.82, 2.24) is 0 Å². The van der Waals surface area contributed by atoms with E-state index in [-0.39, 0.29) is 0 Å². The highest BCUT2D eigenvalue weighted by Crippen LogP contribution is 2.15. The fourth-order valence-electron chi connectivity index (χ4n) is 0.743. The lowest BCUT2D eigenvalue weighted by Crippen LogP contribution is -1.94. The molecule has 0 heterocycles. The van der Waals surface area contributed by atoms with Gasteiger partial charge in [-0.25, -0.2) is 0 Å². The summed E-state index contributed by atoms with van der Waals surface area (Å²) in [6.07, 6.45) is 9.14. The zero-order valence-electron chi connectivity index (χ0n) is 6.96. The first-order valence-electron chi connectivity index (χ1n) is 3.57. The van der Waals surface area contributed by atoms with Gasteiger partial charge >= 0.3 is 0 Å². The highest BCUT2D eigenvalue weighted by atomic mass is 32.2. The first-order chi connectivity index (χ1) is 4.85. The van der Waals surface area contributed by atoms with Gasteiger partial charge in [-0.2, -0.15) is 11.8 Å². The van der Waals surface area contributed by atoms with Crippen molar-refractivity contribution in [2.45, 2.75) is 25.0 Å². The van der Waals surface area contributed by atoms with E-state index in [0.29, 0.717) is 0 Å². The summed E-state index contributed by atoms with van der Waals surface area (Å²) < 4.78 is 0. The first-order valence-corrected chi connectivity index (χ1v) is 6.15. The molecule has 1 atom stereocenters. The topological polar surface area (TPSA) is 0 Å². The van der Waals surface area contributed by atoms with E-state index in [0.717, 1.165) is 5.25 Å². The fraction of sp³-hybridized carbons (Fsp3) is 0.750. The van der Waals surface area contributed by atoms with Crippen molar-refractivity contribution < 1.29 is 0 Å². The van der Waals surface area contributed by atoms with Gasteiger partial charge in [-0.15, -0.1) is 11.8 Å². The van der Waals surface area contributed by atoms with Crippen molar-refractivity contribution in [1.29, 1.82) is 0 Å². The van der Waals surface area contributed by atoms with Gasteiger partial charge in [0.15, 0.2) is 0 Å². The van der Waals surface area contributed by atoms with Crippen LogP contribution >= 0.6 is 23.5 Å². The van der Waals surface area contributed by atoms with Gasteiger partial charge in [0.2, 0.25) is 0 Å². The Kier molecular flexibility index (Phi) is 7.88. The maximum atomic E-state index is 2.29. The molecule has 0 aliphatic carbocycles. The van der Waals surface area contributed by atoms with Gasteiger partial charge in [0.05, 0.1) is 0 Å². The summed E-state index contributed by atoms with van der Waals surface area (Å²) >= 11 is 3.71. The molecule has 0 radical (unpaired) electrons. The van der Waals surface area contributed by atoms with Crippen LogP contribution in [0.1, 0.15) is 19.8 Å². The number of hydrogen-bond donors (Lipinski definition) is 0. The van der Waals surface area contributed by atoms with Gasteiger partial charge in [-0.3, -0.25) is 0 Å². The summed E-state index contributed by atoms with van der Waals surface area (Å²) in [7, 11) is 0. The molecule has 0 fully saturated rings. The molecule has 0 aromatic heterocycles. The summed E-state index contributed by atoms with van der Waals surface area (Å²) in [4.78, 5) is 0. The molecule has 0 saturated heterocycles. The lowest BCUT2D eigenvalue weighted by molar-refractivity contribution is 0.829. The highest BCUT2D eigenvalue weighted by molar-refractivity contribution is 8.01. The van der Waals surface area contributed by atoms with Crippen molar-refractivity contribution in [3.05, 3.63) is 11.5 Å². The quantitative estimate of drug-likeness (QED) is 0.630. The lowest BCUT2D eigenvalue weighted by Gasteiger charge is -2.05. The molecule has 0 aliphatic heterocycles. The summed E-state index contributed by atoms with van der Waals surface area (Å²) in [5.74, 6) is 0. The van der Waals surface area contributed by atoms with E-state index in [1.165, 1.54) is 12.8 Å². The van der Waals surface area contributed by atoms with Crippen molar-refractivity contribution in [2.75, 3.05) is 12.5 Å². The molecule has 0 aromatic carbocycles. The Morgan fingerprint density at radius 1 is 1.40 bits per heavy atom. The maximum Gasteiger partial charge on any atom is 0.0232 e. The third-order valence-corrected chi connectivity index (χ3v) is 2.73. The lowest BCUT2D eigenvalue weighted by atomic mass is 10.2. The molecule has 0 rings (SSSR count). The molecule has 10 heavy (non-hydrogen) atoms. The van der Waals surface area contributed by atoms with Crippen LogP contribution in [0.3, 0.4) is 0 Å². The third kappa shape index (κ3) is 5.24. The number of thioether (sulfide) groups is 2. The monoisotopic (exact) mass is 176 g/mol. The van der Waals surface area contributed by atoms with Crippen molar-refractivity contribution in [3.8, 4) is 0 Å². The van der Waals surface area contributed by atoms with E-state index in [9.17, 15) is 0 Å². The van der Waals surface area contributed by atoms with E-state index in [1.54, 1.807) is 11.8 Å². The molecule has 60 valence electrons. The zero-order valence-corrected chi connectivity index (χ0v) is 8.60. The SMILES string of the molecule is CCCC(C=CSC)SC. The average molecular weight is 176 g/mol. The van der Waals surface area contributed by atoms with Gasteiger partial charge in [0.25, 0.3) is 0 Å². The molecule has 0 spiro atoms. The van der Waals surface area contributed by atoms with Crippen LogP contribution in [0.15, 0.2) is 11.5 Å². The minimum atomic E-state index is 0.734. The Balaban J connectivity index is 3.48.